The standard InChI is InChI=1S/C14H17NO4S/c1-3-10-5-6-12-11(9-10)13(16)14(17)15(12)7-4-8-20(2,18)19/h5-6,9H,3-4,7-8H2,1-2H3. The third kappa shape index (κ3) is 2.90. The van der Waals surface area contributed by atoms with Crippen LogP contribution in [0.3, 0.4) is 0 Å². The molecule has 0 aromatic heterocycles. The van der Waals surface area contributed by atoms with E-state index in [1.165, 1.54) is 4.90 Å². The average molecular weight is 295 g/mol. The second-order valence-electron chi connectivity index (χ2n) is 4.97. The molecule has 0 saturated heterocycles. The van der Waals surface area contributed by atoms with Crippen molar-refractivity contribution in [2.45, 2.75) is 19.8 Å². The minimum atomic E-state index is -3.06. The number of nitrogens with zero attached hydrogens (tertiary/aromatic N) is 1. The van der Waals surface area contributed by atoms with E-state index in [9.17, 15) is 18.0 Å². The van der Waals surface area contributed by atoms with Crippen molar-refractivity contribution >= 4 is 27.2 Å². The highest BCUT2D eigenvalue weighted by molar-refractivity contribution is 7.90. The summed E-state index contributed by atoms with van der Waals surface area (Å²) in [5.41, 5.74) is 2.02. The smallest absolute Gasteiger partial charge is 0.299 e. The molecule has 1 aliphatic rings. The Hall–Kier alpha value is -1.69. The van der Waals surface area contributed by atoms with Crippen LogP contribution in [0.15, 0.2) is 18.2 Å². The van der Waals surface area contributed by atoms with Crippen LogP contribution >= 0.6 is 0 Å². The van der Waals surface area contributed by atoms with Gasteiger partial charge in [0.1, 0.15) is 9.84 Å². The number of hydrogen-bond donors (Lipinski definition) is 0. The minimum Gasteiger partial charge on any atom is -0.305 e. The van der Waals surface area contributed by atoms with E-state index < -0.39 is 21.5 Å². The number of amides is 1. The molecule has 0 N–H and O–H groups in total. The van der Waals surface area contributed by atoms with E-state index in [1.54, 1.807) is 12.1 Å². The molecule has 5 nitrogen and oxygen atoms in total. The zero-order valence-electron chi connectivity index (χ0n) is 11.5. The molecule has 0 fully saturated rings. The van der Waals surface area contributed by atoms with Gasteiger partial charge in [-0.3, -0.25) is 9.59 Å². The summed E-state index contributed by atoms with van der Waals surface area (Å²) in [7, 11) is -3.06. The Bertz CT molecular complexity index is 664. The quantitative estimate of drug-likeness (QED) is 0.766. The van der Waals surface area contributed by atoms with Gasteiger partial charge in [-0.2, -0.15) is 0 Å². The van der Waals surface area contributed by atoms with Crippen molar-refractivity contribution in [3.63, 3.8) is 0 Å². The van der Waals surface area contributed by atoms with Crippen LogP contribution in [-0.4, -0.2) is 38.7 Å². The molecule has 20 heavy (non-hydrogen) atoms. The van der Waals surface area contributed by atoms with Crippen molar-refractivity contribution in [2.75, 3.05) is 23.5 Å². The maximum atomic E-state index is 11.9. The van der Waals surface area contributed by atoms with Gasteiger partial charge >= 0.3 is 0 Å². The summed E-state index contributed by atoms with van der Waals surface area (Å²) in [4.78, 5) is 25.2. The van der Waals surface area contributed by atoms with Crippen LogP contribution in [0.4, 0.5) is 5.69 Å². The van der Waals surface area contributed by atoms with Crippen LogP contribution in [0.1, 0.15) is 29.3 Å². The highest BCUT2D eigenvalue weighted by Crippen LogP contribution is 2.30. The first-order chi connectivity index (χ1) is 9.33. The van der Waals surface area contributed by atoms with Crippen molar-refractivity contribution in [1.82, 2.24) is 0 Å². The van der Waals surface area contributed by atoms with Crippen LogP contribution in [0.25, 0.3) is 0 Å². The third-order valence-corrected chi connectivity index (χ3v) is 4.37. The van der Waals surface area contributed by atoms with Crippen molar-refractivity contribution in [2.24, 2.45) is 0 Å². The van der Waals surface area contributed by atoms with Crippen LogP contribution in [0.2, 0.25) is 0 Å². The molecule has 0 saturated carbocycles. The first-order valence-corrected chi connectivity index (χ1v) is 8.56. The molecule has 1 heterocycles. The van der Waals surface area contributed by atoms with E-state index in [1.807, 2.05) is 13.0 Å². The van der Waals surface area contributed by atoms with Gasteiger partial charge in [-0.05, 0) is 30.5 Å². The number of rotatable bonds is 5. The van der Waals surface area contributed by atoms with Gasteiger partial charge in [0.15, 0.2) is 0 Å². The van der Waals surface area contributed by atoms with Crippen molar-refractivity contribution in [1.29, 1.82) is 0 Å². The summed E-state index contributed by atoms with van der Waals surface area (Å²) in [6.45, 7) is 2.23. The maximum Gasteiger partial charge on any atom is 0.299 e. The number of fused-ring (bicyclic) bond motifs is 1. The summed E-state index contributed by atoms with van der Waals surface area (Å²) >= 11 is 0. The first-order valence-electron chi connectivity index (χ1n) is 6.50. The molecule has 0 unspecified atom stereocenters. The first kappa shape index (κ1) is 14.7. The Labute approximate surface area is 118 Å². The van der Waals surface area contributed by atoms with E-state index in [2.05, 4.69) is 0 Å². The van der Waals surface area contributed by atoms with Crippen molar-refractivity contribution in [3.8, 4) is 0 Å². The fraction of sp³-hybridized carbons (Fsp3) is 0.429. The number of carbonyl (C=O) groups excluding carboxylic acids is 2. The molecule has 0 aliphatic carbocycles. The molecule has 0 atom stereocenters. The maximum absolute atomic E-state index is 11.9. The molecule has 0 bridgehead atoms. The third-order valence-electron chi connectivity index (χ3n) is 3.34. The van der Waals surface area contributed by atoms with E-state index in [4.69, 9.17) is 0 Å². The normalized spacial score (nSPS) is 14.8. The summed E-state index contributed by atoms with van der Waals surface area (Å²) in [5.74, 6) is -1.07. The van der Waals surface area contributed by atoms with Gasteiger partial charge < -0.3 is 4.90 Å². The number of aryl methyl sites for hydroxylation is 1. The highest BCUT2D eigenvalue weighted by atomic mass is 32.2. The molecule has 0 radical (unpaired) electrons. The zero-order chi connectivity index (χ0) is 14.9. The molecule has 2 rings (SSSR count). The Balaban J connectivity index is 2.21. The predicted octanol–water partition coefficient (Wildman–Crippen LogP) is 1.21. The zero-order valence-corrected chi connectivity index (χ0v) is 12.4. The number of sulfone groups is 1. The van der Waals surface area contributed by atoms with Crippen LogP contribution in [0, 0.1) is 0 Å². The van der Waals surface area contributed by atoms with Crippen LogP contribution in [-0.2, 0) is 21.1 Å². The molecule has 0 spiro atoms. The Morgan fingerprint density at radius 3 is 2.50 bits per heavy atom. The summed E-state index contributed by atoms with van der Waals surface area (Å²) < 4.78 is 22.2. The van der Waals surface area contributed by atoms with Gasteiger partial charge in [-0.15, -0.1) is 0 Å². The number of carbonyl (C=O) groups is 2. The Kier molecular flexibility index (Phi) is 3.94. The predicted molar refractivity (Wildman–Crippen MR) is 76.8 cm³/mol. The molecule has 108 valence electrons. The second kappa shape index (κ2) is 5.36. The topological polar surface area (TPSA) is 71.5 Å². The lowest BCUT2D eigenvalue weighted by molar-refractivity contribution is -0.114. The van der Waals surface area contributed by atoms with E-state index in [0.717, 1.165) is 18.2 Å². The lowest BCUT2D eigenvalue weighted by Gasteiger charge is -2.16. The SMILES string of the molecule is CCc1ccc2c(c1)C(=O)C(=O)N2CCCS(C)(=O)=O. The summed E-state index contributed by atoms with van der Waals surface area (Å²) in [5, 5.41) is 0. The van der Waals surface area contributed by atoms with Gasteiger partial charge in [-0.25, -0.2) is 8.42 Å². The molecule has 1 aliphatic heterocycles. The van der Waals surface area contributed by atoms with E-state index in [-0.39, 0.29) is 12.3 Å². The van der Waals surface area contributed by atoms with Gasteiger partial charge in [0.25, 0.3) is 11.7 Å². The van der Waals surface area contributed by atoms with Crippen LogP contribution in [0.5, 0.6) is 0 Å². The lowest BCUT2D eigenvalue weighted by atomic mass is 10.1. The number of Topliss-reactive ketones (excluding diaryl/α,β-unsaturated/α-hetero) is 1. The molecule has 1 amide bonds. The molecule has 1 aromatic carbocycles. The molecule has 1 aromatic rings. The fourth-order valence-electron chi connectivity index (χ4n) is 2.27. The monoisotopic (exact) mass is 295 g/mol. The number of benzene rings is 1. The highest BCUT2D eigenvalue weighted by Gasteiger charge is 2.35. The Morgan fingerprint density at radius 1 is 1.20 bits per heavy atom. The van der Waals surface area contributed by atoms with Crippen LogP contribution < -0.4 is 4.90 Å². The number of hydrogen-bond acceptors (Lipinski definition) is 4. The average Bonchev–Trinajstić information content (AvgIpc) is 2.62. The van der Waals surface area contributed by atoms with E-state index >= 15 is 0 Å². The summed E-state index contributed by atoms with van der Waals surface area (Å²) in [6.07, 6.45) is 2.28. The Morgan fingerprint density at radius 2 is 1.90 bits per heavy atom. The minimum absolute atomic E-state index is 0.00729. The molecule has 6 heteroatoms. The van der Waals surface area contributed by atoms with Crippen molar-refractivity contribution < 1.29 is 18.0 Å². The van der Waals surface area contributed by atoms with Gasteiger partial charge in [0, 0.05) is 12.8 Å². The molecular formula is C14H17NO4S. The summed E-state index contributed by atoms with van der Waals surface area (Å²) in [6, 6.07) is 5.39. The lowest BCUT2D eigenvalue weighted by Crippen LogP contribution is -2.31. The van der Waals surface area contributed by atoms with Crippen molar-refractivity contribution in [3.05, 3.63) is 29.3 Å². The largest absolute Gasteiger partial charge is 0.305 e. The van der Waals surface area contributed by atoms with Gasteiger partial charge in [0.05, 0.1) is 17.0 Å². The molecular weight excluding hydrogens is 278 g/mol. The fourth-order valence-corrected chi connectivity index (χ4v) is 2.93. The van der Waals surface area contributed by atoms with Gasteiger partial charge in [-0.1, -0.05) is 13.0 Å². The number of anilines is 1. The van der Waals surface area contributed by atoms with Gasteiger partial charge in [0.2, 0.25) is 0 Å². The van der Waals surface area contributed by atoms with E-state index in [0.29, 0.717) is 17.7 Å². The number of ketones is 1. The second-order valence-corrected chi connectivity index (χ2v) is 7.23.